The Morgan fingerprint density at radius 3 is 2.60 bits per heavy atom. The SMILES string of the molecule is CCOC(=O)N1CC=C2C(C#N)C(=N)C(C#N)(C#N)[C@H](c3ccccc3OC)[C@H]2C1. The lowest BCUT2D eigenvalue weighted by atomic mass is 9.54. The molecular weight excluding hydrogens is 382 g/mol. The Kier molecular flexibility index (Phi) is 5.76. The van der Waals surface area contributed by atoms with Crippen LogP contribution in [0.1, 0.15) is 18.4 Å². The normalized spacial score (nSPS) is 24.4. The van der Waals surface area contributed by atoms with E-state index in [1.807, 2.05) is 12.1 Å². The fraction of sp³-hybridized carbons (Fsp3) is 0.409. The molecule has 1 saturated carbocycles. The predicted octanol–water partition coefficient (Wildman–Crippen LogP) is 3.00. The van der Waals surface area contributed by atoms with Gasteiger partial charge in [0.15, 0.2) is 5.41 Å². The number of nitriles is 3. The van der Waals surface area contributed by atoms with Crippen LogP contribution in [0, 0.1) is 56.7 Å². The van der Waals surface area contributed by atoms with E-state index in [4.69, 9.17) is 14.9 Å². The Morgan fingerprint density at radius 2 is 2.00 bits per heavy atom. The third kappa shape index (κ3) is 3.06. The minimum atomic E-state index is -1.87. The second-order valence-electron chi connectivity index (χ2n) is 7.14. The first-order valence-corrected chi connectivity index (χ1v) is 9.54. The van der Waals surface area contributed by atoms with Gasteiger partial charge in [0, 0.05) is 30.5 Å². The van der Waals surface area contributed by atoms with E-state index in [-0.39, 0.29) is 25.4 Å². The van der Waals surface area contributed by atoms with Crippen LogP contribution in [0.4, 0.5) is 4.79 Å². The molecule has 0 radical (unpaired) electrons. The van der Waals surface area contributed by atoms with Gasteiger partial charge in [0.05, 0.1) is 37.6 Å². The van der Waals surface area contributed by atoms with E-state index >= 15 is 0 Å². The molecule has 1 aliphatic carbocycles. The van der Waals surface area contributed by atoms with Gasteiger partial charge in [-0.2, -0.15) is 15.8 Å². The molecule has 0 saturated heterocycles. The molecule has 1 unspecified atom stereocenters. The van der Waals surface area contributed by atoms with E-state index in [0.29, 0.717) is 16.9 Å². The number of hydrogen-bond acceptors (Lipinski definition) is 7. The molecule has 152 valence electrons. The molecule has 1 heterocycles. The number of rotatable bonds is 3. The average Bonchev–Trinajstić information content (AvgIpc) is 2.78. The van der Waals surface area contributed by atoms with Gasteiger partial charge in [0.25, 0.3) is 0 Å². The van der Waals surface area contributed by atoms with Crippen molar-refractivity contribution in [2.45, 2.75) is 12.8 Å². The highest BCUT2D eigenvalue weighted by molar-refractivity contribution is 6.01. The fourth-order valence-corrected chi connectivity index (χ4v) is 4.44. The summed E-state index contributed by atoms with van der Waals surface area (Å²) in [5.74, 6) is -1.82. The maximum Gasteiger partial charge on any atom is 0.410 e. The third-order valence-corrected chi connectivity index (χ3v) is 5.79. The topological polar surface area (TPSA) is 134 Å². The zero-order valence-corrected chi connectivity index (χ0v) is 16.8. The van der Waals surface area contributed by atoms with Gasteiger partial charge in [-0.3, -0.25) is 0 Å². The molecule has 1 aromatic rings. The van der Waals surface area contributed by atoms with Crippen molar-refractivity contribution in [2.24, 2.45) is 17.3 Å². The number of carbonyl (C=O) groups is 1. The van der Waals surface area contributed by atoms with Gasteiger partial charge in [0.2, 0.25) is 0 Å². The number of fused-ring (bicyclic) bond motifs is 1. The zero-order valence-electron chi connectivity index (χ0n) is 16.8. The number of para-hydroxylation sites is 1. The van der Waals surface area contributed by atoms with E-state index in [0.717, 1.165) is 0 Å². The molecule has 0 aromatic heterocycles. The van der Waals surface area contributed by atoms with Crippen LogP contribution >= 0.6 is 0 Å². The lowest BCUT2D eigenvalue weighted by Gasteiger charge is -2.47. The molecule has 1 amide bonds. The van der Waals surface area contributed by atoms with Crippen molar-refractivity contribution in [3.8, 4) is 24.0 Å². The fourth-order valence-electron chi connectivity index (χ4n) is 4.44. The summed E-state index contributed by atoms with van der Waals surface area (Å²) < 4.78 is 10.6. The lowest BCUT2D eigenvalue weighted by Crippen LogP contribution is -2.53. The molecular formula is C22H21N5O3. The van der Waals surface area contributed by atoms with Crippen LogP contribution in [0.25, 0.3) is 0 Å². The Hall–Kier alpha value is -3.83. The first-order valence-electron chi connectivity index (χ1n) is 9.54. The van der Waals surface area contributed by atoms with Crippen LogP contribution in [0.3, 0.4) is 0 Å². The number of nitrogens with zero attached hydrogens (tertiary/aromatic N) is 4. The van der Waals surface area contributed by atoms with Gasteiger partial charge in [-0.25, -0.2) is 4.79 Å². The van der Waals surface area contributed by atoms with Crippen molar-refractivity contribution >= 4 is 11.8 Å². The van der Waals surface area contributed by atoms with Crippen molar-refractivity contribution in [1.29, 1.82) is 21.2 Å². The Balaban J connectivity index is 2.23. The number of amides is 1. The van der Waals surface area contributed by atoms with Crippen LogP contribution in [0.5, 0.6) is 5.75 Å². The van der Waals surface area contributed by atoms with E-state index < -0.39 is 29.3 Å². The van der Waals surface area contributed by atoms with E-state index in [1.54, 1.807) is 37.3 Å². The Bertz CT molecular complexity index is 1010. The number of methoxy groups -OCH3 is 1. The lowest BCUT2D eigenvalue weighted by molar-refractivity contribution is 0.0991. The molecule has 30 heavy (non-hydrogen) atoms. The summed E-state index contributed by atoms with van der Waals surface area (Å²) in [6.07, 6.45) is 1.24. The number of carbonyl (C=O) groups excluding carboxylic acids is 1. The van der Waals surface area contributed by atoms with Crippen molar-refractivity contribution in [3.63, 3.8) is 0 Å². The highest BCUT2D eigenvalue weighted by Crippen LogP contribution is 2.54. The maximum atomic E-state index is 12.4. The monoisotopic (exact) mass is 403 g/mol. The molecule has 2 aliphatic rings. The largest absolute Gasteiger partial charge is 0.496 e. The Morgan fingerprint density at radius 1 is 1.30 bits per heavy atom. The van der Waals surface area contributed by atoms with Gasteiger partial charge < -0.3 is 19.8 Å². The molecule has 8 nitrogen and oxygen atoms in total. The van der Waals surface area contributed by atoms with E-state index in [2.05, 4.69) is 6.07 Å². The minimum Gasteiger partial charge on any atom is -0.496 e. The van der Waals surface area contributed by atoms with Crippen LogP contribution in [0.2, 0.25) is 0 Å². The highest BCUT2D eigenvalue weighted by Gasteiger charge is 2.58. The van der Waals surface area contributed by atoms with Crippen LogP contribution in [-0.4, -0.2) is 43.5 Å². The number of ether oxygens (including phenoxy) is 2. The predicted molar refractivity (Wildman–Crippen MR) is 106 cm³/mol. The van der Waals surface area contributed by atoms with E-state index in [9.17, 15) is 20.6 Å². The zero-order chi connectivity index (χ0) is 21.9. The van der Waals surface area contributed by atoms with Crippen molar-refractivity contribution in [3.05, 3.63) is 41.5 Å². The molecule has 0 bridgehead atoms. The first-order chi connectivity index (χ1) is 14.5. The smallest absolute Gasteiger partial charge is 0.410 e. The van der Waals surface area contributed by atoms with Crippen LogP contribution < -0.4 is 4.74 Å². The molecule has 1 aliphatic heterocycles. The minimum absolute atomic E-state index is 0.171. The summed E-state index contributed by atoms with van der Waals surface area (Å²) in [6, 6.07) is 13.2. The van der Waals surface area contributed by atoms with Gasteiger partial charge >= 0.3 is 6.09 Å². The highest BCUT2D eigenvalue weighted by atomic mass is 16.6. The second kappa shape index (κ2) is 8.27. The quantitative estimate of drug-likeness (QED) is 0.771. The summed E-state index contributed by atoms with van der Waals surface area (Å²) in [7, 11) is 1.49. The molecule has 3 atom stereocenters. The summed E-state index contributed by atoms with van der Waals surface area (Å²) >= 11 is 0. The molecule has 1 fully saturated rings. The first kappa shape index (κ1) is 20.9. The standard InChI is InChI=1S/C22H21N5O3/c1-3-30-21(28)27-9-8-14-16(10-23)20(26)22(12-24,13-25)19(17(14)11-27)15-6-4-5-7-18(15)29-2/h4-8,16-17,19,26H,3,9,11H2,1-2H3/t16?,17-,19+/m0/s1. The maximum absolute atomic E-state index is 12.4. The third-order valence-electron chi connectivity index (χ3n) is 5.79. The molecule has 8 heteroatoms. The number of hydrogen-bond donors (Lipinski definition) is 1. The molecule has 1 N–H and O–H groups in total. The summed E-state index contributed by atoms with van der Waals surface area (Å²) in [5, 5.41) is 38.6. The summed E-state index contributed by atoms with van der Waals surface area (Å²) in [6.45, 7) is 2.34. The summed E-state index contributed by atoms with van der Waals surface area (Å²) in [4.78, 5) is 13.9. The number of nitrogens with one attached hydrogen (secondary N) is 1. The van der Waals surface area contributed by atoms with Crippen molar-refractivity contribution in [2.75, 3.05) is 26.8 Å². The van der Waals surface area contributed by atoms with Crippen LogP contribution in [-0.2, 0) is 4.74 Å². The van der Waals surface area contributed by atoms with Crippen molar-refractivity contribution in [1.82, 2.24) is 4.90 Å². The van der Waals surface area contributed by atoms with Gasteiger partial charge in [-0.15, -0.1) is 0 Å². The molecule has 0 spiro atoms. The second-order valence-corrected chi connectivity index (χ2v) is 7.14. The molecule has 1 aromatic carbocycles. The average molecular weight is 403 g/mol. The molecule has 3 rings (SSSR count). The van der Waals surface area contributed by atoms with E-state index in [1.165, 1.54) is 12.0 Å². The van der Waals surface area contributed by atoms with Crippen molar-refractivity contribution < 1.29 is 14.3 Å². The summed E-state index contributed by atoms with van der Waals surface area (Å²) in [5.41, 5.74) is -0.863. The van der Waals surface area contributed by atoms with Gasteiger partial charge in [-0.05, 0) is 18.6 Å². The number of benzene rings is 1. The Labute approximate surface area is 175 Å². The van der Waals surface area contributed by atoms with Gasteiger partial charge in [0.1, 0.15) is 11.7 Å². The van der Waals surface area contributed by atoms with Gasteiger partial charge in [-0.1, -0.05) is 24.3 Å². The van der Waals surface area contributed by atoms with Crippen LogP contribution in [0.15, 0.2) is 35.9 Å².